The van der Waals surface area contributed by atoms with Gasteiger partial charge < -0.3 is 10.2 Å². The fourth-order valence-electron chi connectivity index (χ4n) is 3.25. The van der Waals surface area contributed by atoms with Gasteiger partial charge >= 0.3 is 0 Å². The van der Waals surface area contributed by atoms with Crippen molar-refractivity contribution in [1.82, 2.24) is 10.2 Å². The van der Waals surface area contributed by atoms with Crippen molar-refractivity contribution in [2.24, 2.45) is 5.92 Å². The number of likely N-dealkylation sites (tertiary alicyclic amines) is 1. The SMILES string of the molecule is CS(=O)(=O)CCC(=O)N[C@@H]1CCN(CC2CCCC2)C1. The van der Waals surface area contributed by atoms with Crippen LogP contribution in [0, 0.1) is 5.92 Å². The Morgan fingerprint density at radius 2 is 1.95 bits per heavy atom. The Morgan fingerprint density at radius 1 is 1.25 bits per heavy atom. The van der Waals surface area contributed by atoms with Gasteiger partial charge in [0.25, 0.3) is 0 Å². The minimum atomic E-state index is -3.05. The summed E-state index contributed by atoms with van der Waals surface area (Å²) in [7, 11) is -3.05. The van der Waals surface area contributed by atoms with Gasteiger partial charge in [0.15, 0.2) is 0 Å². The van der Waals surface area contributed by atoms with Crippen LogP contribution in [0.5, 0.6) is 0 Å². The van der Waals surface area contributed by atoms with Crippen molar-refractivity contribution in [1.29, 1.82) is 0 Å². The molecule has 2 fully saturated rings. The number of sulfone groups is 1. The Labute approximate surface area is 122 Å². The van der Waals surface area contributed by atoms with Crippen molar-refractivity contribution in [2.45, 2.75) is 44.6 Å². The molecular weight excluding hydrogens is 276 g/mol. The van der Waals surface area contributed by atoms with Gasteiger partial charge in [0.05, 0.1) is 5.75 Å². The zero-order chi connectivity index (χ0) is 14.6. The molecule has 1 aliphatic carbocycles. The lowest BCUT2D eigenvalue weighted by Gasteiger charge is -2.20. The van der Waals surface area contributed by atoms with Gasteiger partial charge in [0.1, 0.15) is 9.84 Å². The summed E-state index contributed by atoms with van der Waals surface area (Å²) in [6.45, 7) is 3.13. The highest BCUT2D eigenvalue weighted by atomic mass is 32.2. The van der Waals surface area contributed by atoms with Crippen LogP contribution < -0.4 is 5.32 Å². The highest BCUT2D eigenvalue weighted by molar-refractivity contribution is 7.90. The summed E-state index contributed by atoms with van der Waals surface area (Å²) < 4.78 is 22.1. The zero-order valence-corrected chi connectivity index (χ0v) is 13.1. The fourth-order valence-corrected chi connectivity index (χ4v) is 3.81. The van der Waals surface area contributed by atoms with Crippen molar-refractivity contribution in [3.8, 4) is 0 Å². The summed E-state index contributed by atoms with van der Waals surface area (Å²) in [6.07, 6.45) is 7.66. The van der Waals surface area contributed by atoms with E-state index in [1.807, 2.05) is 0 Å². The van der Waals surface area contributed by atoms with E-state index in [0.717, 1.165) is 32.0 Å². The molecule has 2 rings (SSSR count). The lowest BCUT2D eigenvalue weighted by atomic mass is 10.1. The molecule has 6 heteroatoms. The first-order valence-electron chi connectivity index (χ1n) is 7.62. The Bertz CT molecular complexity index is 430. The third-order valence-electron chi connectivity index (χ3n) is 4.33. The topological polar surface area (TPSA) is 66.5 Å². The summed E-state index contributed by atoms with van der Waals surface area (Å²) in [5.74, 6) is 0.648. The van der Waals surface area contributed by atoms with Crippen LogP contribution in [0.3, 0.4) is 0 Å². The van der Waals surface area contributed by atoms with Crippen LogP contribution in [-0.2, 0) is 14.6 Å². The summed E-state index contributed by atoms with van der Waals surface area (Å²) >= 11 is 0. The molecule has 20 heavy (non-hydrogen) atoms. The van der Waals surface area contributed by atoms with Crippen molar-refractivity contribution in [3.05, 3.63) is 0 Å². The molecule has 1 heterocycles. The Hall–Kier alpha value is -0.620. The maximum absolute atomic E-state index is 11.7. The van der Waals surface area contributed by atoms with Crippen LogP contribution in [0.4, 0.5) is 0 Å². The smallest absolute Gasteiger partial charge is 0.221 e. The third-order valence-corrected chi connectivity index (χ3v) is 5.27. The van der Waals surface area contributed by atoms with Gasteiger partial charge in [0, 0.05) is 38.4 Å². The van der Waals surface area contributed by atoms with Crippen LogP contribution in [0.1, 0.15) is 38.5 Å². The van der Waals surface area contributed by atoms with Crippen molar-refractivity contribution >= 4 is 15.7 Å². The highest BCUT2D eigenvalue weighted by Gasteiger charge is 2.26. The molecule has 0 radical (unpaired) electrons. The van der Waals surface area contributed by atoms with Gasteiger partial charge in [-0.25, -0.2) is 8.42 Å². The molecule has 5 nitrogen and oxygen atoms in total. The minimum absolute atomic E-state index is 0.0582. The maximum atomic E-state index is 11.7. The molecular formula is C14H26N2O3S. The van der Waals surface area contributed by atoms with Gasteiger partial charge in [0.2, 0.25) is 5.91 Å². The summed E-state index contributed by atoms with van der Waals surface area (Å²) in [4.78, 5) is 14.1. The normalized spacial score (nSPS) is 25.1. The fraction of sp³-hybridized carbons (Fsp3) is 0.929. The van der Waals surface area contributed by atoms with E-state index in [9.17, 15) is 13.2 Å². The molecule has 1 N–H and O–H groups in total. The number of hydrogen-bond donors (Lipinski definition) is 1. The van der Waals surface area contributed by atoms with E-state index in [0.29, 0.717) is 0 Å². The van der Waals surface area contributed by atoms with Crippen molar-refractivity contribution < 1.29 is 13.2 Å². The van der Waals surface area contributed by atoms with Crippen LogP contribution in [0.2, 0.25) is 0 Å². The average Bonchev–Trinajstić information content (AvgIpc) is 2.99. The van der Waals surface area contributed by atoms with E-state index in [4.69, 9.17) is 0 Å². The van der Waals surface area contributed by atoms with Gasteiger partial charge in [-0.3, -0.25) is 4.79 Å². The number of amides is 1. The second kappa shape index (κ2) is 6.89. The molecule has 0 aromatic rings. The largest absolute Gasteiger partial charge is 0.352 e. The molecule has 0 spiro atoms. The Morgan fingerprint density at radius 3 is 2.60 bits per heavy atom. The van der Waals surface area contributed by atoms with Gasteiger partial charge in [-0.15, -0.1) is 0 Å². The molecule has 0 aromatic carbocycles. The number of carbonyl (C=O) groups excluding carboxylic acids is 1. The van der Waals surface area contributed by atoms with E-state index >= 15 is 0 Å². The van der Waals surface area contributed by atoms with Crippen molar-refractivity contribution in [3.63, 3.8) is 0 Å². The lowest BCUT2D eigenvalue weighted by molar-refractivity contribution is -0.121. The quantitative estimate of drug-likeness (QED) is 0.788. The van der Waals surface area contributed by atoms with Crippen LogP contribution in [0.25, 0.3) is 0 Å². The first-order valence-corrected chi connectivity index (χ1v) is 9.68. The monoisotopic (exact) mass is 302 g/mol. The first-order chi connectivity index (χ1) is 9.42. The Kier molecular flexibility index (Phi) is 5.43. The molecule has 1 atom stereocenters. The zero-order valence-electron chi connectivity index (χ0n) is 12.3. The van der Waals surface area contributed by atoms with E-state index in [1.165, 1.54) is 31.9 Å². The van der Waals surface area contributed by atoms with Crippen LogP contribution >= 0.6 is 0 Å². The second-order valence-electron chi connectivity index (χ2n) is 6.34. The number of rotatable bonds is 6. The maximum Gasteiger partial charge on any atom is 0.221 e. The number of hydrogen-bond acceptors (Lipinski definition) is 4. The van der Waals surface area contributed by atoms with Crippen LogP contribution in [-0.4, -0.2) is 56.9 Å². The van der Waals surface area contributed by atoms with Gasteiger partial charge in [-0.2, -0.15) is 0 Å². The second-order valence-corrected chi connectivity index (χ2v) is 8.60. The van der Waals surface area contributed by atoms with E-state index < -0.39 is 9.84 Å². The van der Waals surface area contributed by atoms with E-state index in [1.54, 1.807) is 0 Å². The predicted octanol–water partition coefficient (Wildman–Crippen LogP) is 0.802. The molecule has 0 bridgehead atoms. The summed E-state index contributed by atoms with van der Waals surface area (Å²) in [5.41, 5.74) is 0. The molecule has 0 unspecified atom stereocenters. The number of nitrogens with zero attached hydrogens (tertiary/aromatic N) is 1. The van der Waals surface area contributed by atoms with Crippen LogP contribution in [0.15, 0.2) is 0 Å². The molecule has 2 aliphatic rings. The Balaban J connectivity index is 1.66. The lowest BCUT2D eigenvalue weighted by Crippen LogP contribution is -2.38. The van der Waals surface area contributed by atoms with Gasteiger partial charge in [-0.05, 0) is 25.2 Å². The summed E-state index contributed by atoms with van der Waals surface area (Å²) in [5, 5.41) is 2.96. The third kappa shape index (κ3) is 5.40. The minimum Gasteiger partial charge on any atom is -0.352 e. The van der Waals surface area contributed by atoms with E-state index in [2.05, 4.69) is 10.2 Å². The van der Waals surface area contributed by atoms with E-state index in [-0.39, 0.29) is 24.1 Å². The standard InChI is InChI=1S/C14H26N2O3S/c1-20(18,19)9-7-14(17)15-13-6-8-16(11-13)10-12-4-2-3-5-12/h12-13H,2-11H2,1H3,(H,15,17)/t13-/m1/s1. The first kappa shape index (κ1) is 15.8. The molecule has 116 valence electrons. The highest BCUT2D eigenvalue weighted by Crippen LogP contribution is 2.26. The van der Waals surface area contributed by atoms with Gasteiger partial charge in [-0.1, -0.05) is 12.8 Å². The number of carbonyl (C=O) groups is 1. The molecule has 1 amide bonds. The summed E-state index contributed by atoms with van der Waals surface area (Å²) in [6, 6.07) is 0.198. The molecule has 1 saturated carbocycles. The molecule has 1 saturated heterocycles. The van der Waals surface area contributed by atoms with Crippen molar-refractivity contribution in [2.75, 3.05) is 31.6 Å². The molecule has 1 aliphatic heterocycles. The number of nitrogens with one attached hydrogen (secondary N) is 1. The average molecular weight is 302 g/mol. The molecule has 0 aromatic heterocycles. The predicted molar refractivity (Wildman–Crippen MR) is 79.3 cm³/mol.